The van der Waals surface area contributed by atoms with Gasteiger partial charge >= 0.3 is 6.18 Å². The van der Waals surface area contributed by atoms with E-state index in [9.17, 15) is 21.6 Å². The van der Waals surface area contributed by atoms with Gasteiger partial charge in [-0.15, -0.1) is 0 Å². The van der Waals surface area contributed by atoms with Crippen LogP contribution in [-0.4, -0.2) is 31.2 Å². The van der Waals surface area contributed by atoms with Gasteiger partial charge in [-0.25, -0.2) is 23.1 Å². The predicted molar refractivity (Wildman–Crippen MR) is 86.2 cm³/mol. The van der Waals surface area contributed by atoms with Crippen LogP contribution in [0.2, 0.25) is 0 Å². The molecule has 2 aromatic rings. The molecule has 0 radical (unpaired) electrons. The zero-order valence-corrected chi connectivity index (χ0v) is 14.8. The lowest BCUT2D eigenvalue weighted by atomic mass is 10.3. The number of pyridine rings is 2. The van der Waals surface area contributed by atoms with Crippen molar-refractivity contribution < 1.29 is 26.3 Å². The van der Waals surface area contributed by atoms with E-state index in [2.05, 4.69) is 35.4 Å². The number of nitrogens with zero attached hydrogens (tertiary/aromatic N) is 2. The maximum absolute atomic E-state index is 12.3. The highest BCUT2D eigenvalue weighted by atomic mass is 79.9. The summed E-state index contributed by atoms with van der Waals surface area (Å²) >= 11 is 3.09. The minimum Gasteiger partial charge on any atom is -0.468 e. The van der Waals surface area contributed by atoms with E-state index in [1.54, 1.807) is 0 Å². The van der Waals surface area contributed by atoms with Crippen LogP contribution in [0, 0.1) is 0 Å². The quantitative estimate of drug-likeness (QED) is 0.712. The highest BCUT2D eigenvalue weighted by Crippen LogP contribution is 2.22. The van der Waals surface area contributed by atoms with Gasteiger partial charge in [-0.3, -0.25) is 0 Å². The third kappa shape index (κ3) is 5.54. The second-order valence-corrected chi connectivity index (χ2v) is 7.38. The fourth-order valence-electron chi connectivity index (χ4n) is 1.74. The number of ether oxygens (including phenoxy) is 1. The van der Waals surface area contributed by atoms with Crippen molar-refractivity contribution in [1.29, 1.82) is 0 Å². The summed E-state index contributed by atoms with van der Waals surface area (Å²) in [5, 5.41) is 0. The fourth-order valence-corrected chi connectivity index (χ4v) is 3.33. The lowest BCUT2D eigenvalue weighted by Gasteiger charge is -2.13. The molecule has 2 rings (SSSR count). The number of anilines is 1. The Hall–Kier alpha value is -1.92. The van der Waals surface area contributed by atoms with Gasteiger partial charge in [-0.2, -0.15) is 13.2 Å². The smallest absolute Gasteiger partial charge is 0.422 e. The number of halogens is 4. The van der Waals surface area contributed by atoms with Crippen LogP contribution in [-0.2, 0) is 16.6 Å². The number of sulfonamides is 1. The molecule has 136 valence electrons. The minimum absolute atomic E-state index is 0.136. The predicted octanol–water partition coefficient (Wildman–Crippen LogP) is 2.24. The summed E-state index contributed by atoms with van der Waals surface area (Å²) in [4.78, 5) is 7.15. The number of nitrogens with one attached hydrogen (secondary N) is 1. The molecule has 0 aliphatic heterocycles. The molecule has 0 spiro atoms. The molecule has 0 amide bonds. The van der Waals surface area contributed by atoms with Crippen LogP contribution in [0.4, 0.5) is 19.0 Å². The average molecular weight is 441 g/mol. The normalized spacial score (nSPS) is 12.2. The Morgan fingerprint density at radius 2 is 2.04 bits per heavy atom. The Morgan fingerprint density at radius 1 is 1.32 bits per heavy atom. The van der Waals surface area contributed by atoms with Gasteiger partial charge in [0.2, 0.25) is 15.9 Å². The van der Waals surface area contributed by atoms with Crippen LogP contribution >= 0.6 is 15.9 Å². The number of nitrogens with two attached hydrogens (primary N) is 1. The van der Waals surface area contributed by atoms with Crippen molar-refractivity contribution in [3.63, 3.8) is 0 Å². The van der Waals surface area contributed by atoms with Gasteiger partial charge in [0.15, 0.2) is 6.61 Å². The van der Waals surface area contributed by atoms with Crippen molar-refractivity contribution in [1.82, 2.24) is 14.7 Å². The zero-order valence-electron chi connectivity index (χ0n) is 12.4. The van der Waals surface area contributed by atoms with Crippen LogP contribution in [0.1, 0.15) is 5.56 Å². The summed E-state index contributed by atoms with van der Waals surface area (Å²) in [6.45, 7) is -1.87. The largest absolute Gasteiger partial charge is 0.468 e. The molecule has 7 nitrogen and oxygen atoms in total. The van der Waals surface area contributed by atoms with Crippen LogP contribution in [0.25, 0.3) is 0 Å². The van der Waals surface area contributed by atoms with Crippen molar-refractivity contribution in [2.75, 3.05) is 12.3 Å². The molecular weight excluding hydrogens is 429 g/mol. The molecule has 0 saturated carbocycles. The Kier molecular flexibility index (Phi) is 5.85. The van der Waals surface area contributed by atoms with Gasteiger partial charge in [0.25, 0.3) is 0 Å². The van der Waals surface area contributed by atoms with E-state index in [1.165, 1.54) is 30.6 Å². The van der Waals surface area contributed by atoms with Crippen LogP contribution < -0.4 is 15.2 Å². The number of hydrogen-bond donors (Lipinski definition) is 2. The standard InChI is InChI=1S/C13H12BrF3N4O3S/c14-9-4-10(11(18)20-6-9)25(22,23)21-5-8-2-1-3-19-12(8)24-7-13(15,16)17/h1-4,6,21H,5,7H2,(H2,18,20). The molecule has 3 N–H and O–H groups in total. The van der Waals surface area contributed by atoms with E-state index in [0.29, 0.717) is 4.47 Å². The number of rotatable bonds is 6. The Balaban J connectivity index is 2.17. The van der Waals surface area contributed by atoms with Gasteiger partial charge in [0.1, 0.15) is 10.7 Å². The molecule has 0 unspecified atom stereocenters. The first-order valence-electron chi connectivity index (χ1n) is 6.62. The third-order valence-corrected chi connectivity index (χ3v) is 4.68. The molecular formula is C13H12BrF3N4O3S. The zero-order chi connectivity index (χ0) is 18.7. The summed E-state index contributed by atoms with van der Waals surface area (Å²) in [7, 11) is -4.04. The first kappa shape index (κ1) is 19.4. The van der Waals surface area contributed by atoms with Gasteiger partial charge < -0.3 is 10.5 Å². The summed E-state index contributed by atoms with van der Waals surface area (Å²) in [6.07, 6.45) is -1.97. The number of hydrogen-bond acceptors (Lipinski definition) is 6. The first-order chi connectivity index (χ1) is 11.6. The second-order valence-electron chi connectivity index (χ2n) is 4.73. The van der Waals surface area contributed by atoms with E-state index >= 15 is 0 Å². The van der Waals surface area contributed by atoms with Gasteiger partial charge in [0.05, 0.1) is 0 Å². The minimum atomic E-state index is -4.54. The van der Waals surface area contributed by atoms with Crippen molar-refractivity contribution in [2.45, 2.75) is 17.6 Å². The van der Waals surface area contributed by atoms with Crippen molar-refractivity contribution >= 4 is 31.8 Å². The van der Waals surface area contributed by atoms with E-state index in [1.807, 2.05) is 0 Å². The van der Waals surface area contributed by atoms with Crippen LogP contribution in [0.5, 0.6) is 5.88 Å². The SMILES string of the molecule is Nc1ncc(Br)cc1S(=O)(=O)NCc1cccnc1OCC(F)(F)F. The maximum atomic E-state index is 12.3. The molecule has 0 saturated heterocycles. The number of nitrogen functional groups attached to an aromatic ring is 1. The molecule has 0 fully saturated rings. The molecule has 0 aromatic carbocycles. The molecule has 2 aromatic heterocycles. The first-order valence-corrected chi connectivity index (χ1v) is 8.90. The van der Waals surface area contributed by atoms with E-state index in [4.69, 9.17) is 5.73 Å². The monoisotopic (exact) mass is 440 g/mol. The van der Waals surface area contributed by atoms with Crippen LogP contribution in [0.15, 0.2) is 40.0 Å². The molecule has 0 atom stereocenters. The van der Waals surface area contributed by atoms with Crippen molar-refractivity contribution in [2.24, 2.45) is 0 Å². The summed E-state index contributed by atoms with van der Waals surface area (Å²) < 4.78 is 68.6. The van der Waals surface area contributed by atoms with Crippen molar-refractivity contribution in [3.8, 4) is 5.88 Å². The van der Waals surface area contributed by atoms with Gasteiger partial charge in [-0.1, -0.05) is 6.07 Å². The van der Waals surface area contributed by atoms with E-state index in [0.717, 1.165) is 0 Å². The molecule has 2 heterocycles. The second kappa shape index (κ2) is 7.54. The average Bonchev–Trinajstić information content (AvgIpc) is 2.53. The van der Waals surface area contributed by atoms with Gasteiger partial charge in [0, 0.05) is 29.0 Å². The summed E-state index contributed by atoms with van der Waals surface area (Å²) in [5.41, 5.74) is 5.69. The molecule has 25 heavy (non-hydrogen) atoms. The Morgan fingerprint density at radius 3 is 2.72 bits per heavy atom. The third-order valence-electron chi connectivity index (χ3n) is 2.81. The summed E-state index contributed by atoms with van der Waals surface area (Å²) in [6, 6.07) is 4.10. The highest BCUT2D eigenvalue weighted by molar-refractivity contribution is 9.10. The maximum Gasteiger partial charge on any atom is 0.422 e. The fraction of sp³-hybridized carbons (Fsp3) is 0.231. The topological polar surface area (TPSA) is 107 Å². The molecule has 0 aliphatic carbocycles. The molecule has 0 bridgehead atoms. The summed E-state index contributed by atoms with van der Waals surface area (Å²) in [5.74, 6) is -0.529. The van der Waals surface area contributed by atoms with Crippen molar-refractivity contribution in [3.05, 3.63) is 40.6 Å². The van der Waals surface area contributed by atoms with E-state index in [-0.39, 0.29) is 28.7 Å². The Bertz CT molecular complexity index is 862. The lowest BCUT2D eigenvalue weighted by Crippen LogP contribution is -2.25. The Labute approximate surface area is 149 Å². The molecule has 0 aliphatic rings. The number of alkyl halides is 3. The lowest BCUT2D eigenvalue weighted by molar-refractivity contribution is -0.154. The van der Waals surface area contributed by atoms with E-state index < -0.39 is 22.8 Å². The molecule has 12 heteroatoms. The number of aromatic nitrogens is 2. The van der Waals surface area contributed by atoms with Gasteiger partial charge in [-0.05, 0) is 28.1 Å². The van der Waals surface area contributed by atoms with Crippen LogP contribution in [0.3, 0.4) is 0 Å². The highest BCUT2D eigenvalue weighted by Gasteiger charge is 2.29.